The maximum Gasteiger partial charge on any atom is 0.306 e. The molecule has 1 aliphatic carbocycles. The molecule has 2 aliphatic rings. The maximum absolute atomic E-state index is 12.4. The first kappa shape index (κ1) is 18.3. The van der Waals surface area contributed by atoms with Crippen LogP contribution in [0.3, 0.4) is 0 Å². The van der Waals surface area contributed by atoms with Gasteiger partial charge in [0.25, 0.3) is 5.91 Å². The van der Waals surface area contributed by atoms with Crippen molar-refractivity contribution in [3.8, 4) is 0 Å². The van der Waals surface area contributed by atoms with Gasteiger partial charge in [0.2, 0.25) is 0 Å². The van der Waals surface area contributed by atoms with Crippen LogP contribution in [-0.4, -0.2) is 41.1 Å². The molecule has 2 fully saturated rings. The Labute approximate surface area is 152 Å². The van der Waals surface area contributed by atoms with Gasteiger partial charge in [0, 0.05) is 6.04 Å². The Morgan fingerprint density at radius 3 is 2.60 bits per heavy atom. The van der Waals surface area contributed by atoms with Crippen LogP contribution in [0.15, 0.2) is 6.20 Å². The van der Waals surface area contributed by atoms with E-state index in [1.54, 1.807) is 6.20 Å². The van der Waals surface area contributed by atoms with E-state index in [4.69, 9.17) is 5.11 Å². The Hall–Kier alpha value is -1.47. The van der Waals surface area contributed by atoms with Crippen molar-refractivity contribution in [1.29, 1.82) is 0 Å². The SMILES string of the molecule is O=C(NC1CCC(C(=O)O)CC1)c1cnc(CCC2CCNCC2)s1. The molecule has 7 heteroatoms. The van der Waals surface area contributed by atoms with Crippen LogP contribution in [0, 0.1) is 11.8 Å². The monoisotopic (exact) mass is 365 g/mol. The van der Waals surface area contributed by atoms with E-state index in [0.29, 0.717) is 17.7 Å². The minimum atomic E-state index is -0.717. The summed E-state index contributed by atoms with van der Waals surface area (Å²) in [7, 11) is 0. The number of aryl methyl sites for hydroxylation is 1. The van der Waals surface area contributed by atoms with Gasteiger partial charge in [0.15, 0.2) is 0 Å². The molecule has 1 aliphatic heterocycles. The first-order valence-electron chi connectivity index (χ1n) is 9.31. The highest BCUT2D eigenvalue weighted by Crippen LogP contribution is 2.25. The summed E-state index contributed by atoms with van der Waals surface area (Å²) >= 11 is 1.49. The van der Waals surface area contributed by atoms with Crippen molar-refractivity contribution in [2.24, 2.45) is 11.8 Å². The van der Waals surface area contributed by atoms with Gasteiger partial charge in [-0.25, -0.2) is 4.98 Å². The van der Waals surface area contributed by atoms with Crippen LogP contribution in [0.1, 0.15) is 59.6 Å². The van der Waals surface area contributed by atoms with E-state index < -0.39 is 5.97 Å². The summed E-state index contributed by atoms with van der Waals surface area (Å²) < 4.78 is 0. The number of amides is 1. The van der Waals surface area contributed by atoms with Gasteiger partial charge >= 0.3 is 5.97 Å². The van der Waals surface area contributed by atoms with E-state index in [2.05, 4.69) is 15.6 Å². The van der Waals surface area contributed by atoms with Crippen molar-refractivity contribution in [2.75, 3.05) is 13.1 Å². The van der Waals surface area contributed by atoms with Crippen molar-refractivity contribution < 1.29 is 14.7 Å². The zero-order valence-electron chi connectivity index (χ0n) is 14.5. The molecule has 1 amide bonds. The number of thiazole rings is 1. The molecule has 2 heterocycles. The predicted molar refractivity (Wildman–Crippen MR) is 96.9 cm³/mol. The lowest BCUT2D eigenvalue weighted by Crippen LogP contribution is -2.38. The van der Waals surface area contributed by atoms with E-state index in [1.165, 1.54) is 24.2 Å². The highest BCUT2D eigenvalue weighted by molar-refractivity contribution is 7.13. The molecule has 1 saturated heterocycles. The van der Waals surface area contributed by atoms with Gasteiger partial charge in [-0.1, -0.05) is 0 Å². The molecule has 6 nitrogen and oxygen atoms in total. The zero-order valence-corrected chi connectivity index (χ0v) is 15.3. The maximum atomic E-state index is 12.4. The van der Waals surface area contributed by atoms with E-state index in [-0.39, 0.29) is 17.9 Å². The number of nitrogens with zero attached hydrogens (tertiary/aromatic N) is 1. The number of aliphatic carboxylic acids is 1. The van der Waals surface area contributed by atoms with Crippen LogP contribution < -0.4 is 10.6 Å². The van der Waals surface area contributed by atoms with Gasteiger partial charge < -0.3 is 15.7 Å². The molecule has 0 spiro atoms. The summed E-state index contributed by atoms with van der Waals surface area (Å²) in [5, 5.41) is 16.5. The summed E-state index contributed by atoms with van der Waals surface area (Å²) in [6.07, 6.45) is 9.01. The Balaban J connectivity index is 1.43. The van der Waals surface area contributed by atoms with Crippen LogP contribution in [0.5, 0.6) is 0 Å². The number of hydrogen-bond donors (Lipinski definition) is 3. The number of carbonyl (C=O) groups is 2. The highest BCUT2D eigenvalue weighted by Gasteiger charge is 2.27. The minimum absolute atomic E-state index is 0.0654. The number of nitrogens with one attached hydrogen (secondary N) is 2. The molecule has 1 saturated carbocycles. The second kappa shape index (κ2) is 8.76. The summed E-state index contributed by atoms with van der Waals surface area (Å²) in [4.78, 5) is 28.4. The van der Waals surface area contributed by atoms with Crippen LogP contribution in [0.4, 0.5) is 0 Å². The minimum Gasteiger partial charge on any atom is -0.481 e. The molecule has 0 bridgehead atoms. The van der Waals surface area contributed by atoms with Crippen LogP contribution in [0.2, 0.25) is 0 Å². The summed E-state index contributed by atoms with van der Waals surface area (Å²) in [6, 6.07) is 0.0865. The van der Waals surface area contributed by atoms with E-state index in [9.17, 15) is 9.59 Å². The number of aromatic nitrogens is 1. The molecule has 0 radical (unpaired) electrons. The van der Waals surface area contributed by atoms with Crippen molar-refractivity contribution in [2.45, 2.75) is 57.4 Å². The lowest BCUT2D eigenvalue weighted by molar-refractivity contribution is -0.142. The average molecular weight is 365 g/mol. The number of carbonyl (C=O) groups excluding carboxylic acids is 1. The summed E-state index contributed by atoms with van der Waals surface area (Å²) in [6.45, 7) is 2.22. The summed E-state index contributed by atoms with van der Waals surface area (Å²) in [5.74, 6) is -0.264. The Morgan fingerprint density at radius 1 is 1.20 bits per heavy atom. The molecule has 25 heavy (non-hydrogen) atoms. The fourth-order valence-electron chi connectivity index (χ4n) is 3.77. The lowest BCUT2D eigenvalue weighted by atomic mass is 9.86. The fourth-order valence-corrected chi connectivity index (χ4v) is 4.61. The second-order valence-corrected chi connectivity index (χ2v) is 8.33. The van der Waals surface area contributed by atoms with Gasteiger partial charge in [0.05, 0.1) is 17.1 Å². The van der Waals surface area contributed by atoms with Gasteiger partial charge in [-0.3, -0.25) is 9.59 Å². The molecule has 0 aromatic carbocycles. The number of carboxylic acids is 1. The Bertz CT molecular complexity index is 590. The molecular weight excluding hydrogens is 338 g/mol. The first-order valence-corrected chi connectivity index (χ1v) is 10.1. The molecule has 3 N–H and O–H groups in total. The van der Waals surface area contributed by atoms with Crippen molar-refractivity contribution >= 4 is 23.2 Å². The van der Waals surface area contributed by atoms with Gasteiger partial charge in [0.1, 0.15) is 4.88 Å². The zero-order chi connectivity index (χ0) is 17.6. The third-order valence-corrected chi connectivity index (χ3v) is 6.47. The van der Waals surface area contributed by atoms with Gasteiger partial charge in [-0.2, -0.15) is 0 Å². The smallest absolute Gasteiger partial charge is 0.306 e. The third-order valence-electron chi connectivity index (χ3n) is 5.41. The first-order chi connectivity index (χ1) is 12.1. The molecular formula is C18H27N3O3S. The normalized spacial score (nSPS) is 24.8. The van der Waals surface area contributed by atoms with E-state index in [1.807, 2.05) is 0 Å². The largest absolute Gasteiger partial charge is 0.481 e. The Kier molecular flexibility index (Phi) is 6.42. The Morgan fingerprint density at radius 2 is 1.92 bits per heavy atom. The van der Waals surface area contributed by atoms with Gasteiger partial charge in [-0.05, 0) is 70.4 Å². The number of piperidine rings is 1. The van der Waals surface area contributed by atoms with Crippen LogP contribution in [-0.2, 0) is 11.2 Å². The van der Waals surface area contributed by atoms with Crippen molar-refractivity contribution in [3.05, 3.63) is 16.1 Å². The van der Waals surface area contributed by atoms with E-state index in [0.717, 1.165) is 49.7 Å². The summed E-state index contributed by atoms with van der Waals surface area (Å²) in [5.41, 5.74) is 0. The molecule has 0 unspecified atom stereocenters. The fraction of sp³-hybridized carbons (Fsp3) is 0.722. The molecule has 138 valence electrons. The van der Waals surface area contributed by atoms with Crippen LogP contribution in [0.25, 0.3) is 0 Å². The topological polar surface area (TPSA) is 91.3 Å². The quantitative estimate of drug-likeness (QED) is 0.720. The second-order valence-electron chi connectivity index (χ2n) is 7.21. The van der Waals surface area contributed by atoms with Crippen LogP contribution >= 0.6 is 11.3 Å². The predicted octanol–water partition coefficient (Wildman–Crippen LogP) is 2.45. The number of hydrogen-bond acceptors (Lipinski definition) is 5. The molecule has 3 rings (SSSR count). The lowest BCUT2D eigenvalue weighted by Gasteiger charge is -2.26. The van der Waals surface area contributed by atoms with E-state index >= 15 is 0 Å². The van der Waals surface area contributed by atoms with Crippen molar-refractivity contribution in [3.63, 3.8) is 0 Å². The highest BCUT2D eigenvalue weighted by atomic mass is 32.1. The number of carboxylic acid groups (broad SMARTS) is 1. The standard InChI is InChI=1S/C18H27N3O3S/c22-17(21-14-4-2-13(3-5-14)18(23)24)15-11-20-16(25-15)6-1-12-7-9-19-10-8-12/h11-14,19H,1-10H2,(H,21,22)(H,23,24). The van der Waals surface area contributed by atoms with Gasteiger partial charge in [-0.15, -0.1) is 11.3 Å². The average Bonchev–Trinajstić information content (AvgIpc) is 3.10. The third kappa shape index (κ3) is 5.25. The number of rotatable bonds is 6. The molecule has 1 aromatic heterocycles. The molecule has 1 aromatic rings. The molecule has 0 atom stereocenters. The van der Waals surface area contributed by atoms with Crippen molar-refractivity contribution in [1.82, 2.24) is 15.6 Å².